The van der Waals surface area contributed by atoms with E-state index in [0.29, 0.717) is 19.1 Å². The zero-order chi connectivity index (χ0) is 12.7. The number of hydrogen-bond donors (Lipinski definition) is 2. The molecule has 1 rings (SSSR count). The Balaban J connectivity index is 2.50. The minimum absolute atomic E-state index is 0.438. The summed E-state index contributed by atoms with van der Waals surface area (Å²) in [6.45, 7) is 1.64. The zero-order valence-electron chi connectivity index (χ0n) is 9.80. The van der Waals surface area contributed by atoms with E-state index in [1.807, 2.05) is 30.3 Å². The molecular formula is C13H17NO3. The Labute approximate surface area is 101 Å². The van der Waals surface area contributed by atoms with E-state index < -0.39 is 18.1 Å². The van der Waals surface area contributed by atoms with Crippen LogP contribution in [0, 0.1) is 0 Å². The molecule has 0 radical (unpaired) electrons. The molecular weight excluding hydrogens is 218 g/mol. The first kappa shape index (κ1) is 13.4. The Bertz CT molecular complexity index is 364. The van der Waals surface area contributed by atoms with Crippen molar-refractivity contribution in [1.29, 1.82) is 0 Å². The molecule has 0 amide bonds. The molecule has 0 spiro atoms. The fourth-order valence-electron chi connectivity index (χ4n) is 1.59. The number of carboxylic acid groups (broad SMARTS) is 1. The quantitative estimate of drug-likeness (QED) is 0.698. The van der Waals surface area contributed by atoms with Crippen molar-refractivity contribution in [3.8, 4) is 0 Å². The first-order valence-corrected chi connectivity index (χ1v) is 5.61. The second kappa shape index (κ2) is 6.81. The summed E-state index contributed by atoms with van der Waals surface area (Å²) < 4.78 is 0. The molecule has 1 aromatic carbocycles. The second-order valence-corrected chi connectivity index (χ2v) is 4.01. The highest BCUT2D eigenvalue weighted by molar-refractivity contribution is 5.74. The monoisotopic (exact) mass is 235 g/mol. The van der Waals surface area contributed by atoms with Crippen LogP contribution in [0.2, 0.25) is 0 Å². The van der Waals surface area contributed by atoms with Crippen molar-refractivity contribution in [3.63, 3.8) is 0 Å². The number of benzene rings is 1. The molecule has 1 aromatic rings. The standard InChI is InChI=1S/C13H17NO3/c1-10(9-15)14-12(13(16)17)8-7-11-5-3-2-4-6-11/h2-6,9-10,12,14H,7-8H2,1H3,(H,16,17). The van der Waals surface area contributed by atoms with Crippen LogP contribution in [0.1, 0.15) is 18.9 Å². The lowest BCUT2D eigenvalue weighted by molar-refractivity contribution is -0.139. The third kappa shape index (κ3) is 4.78. The minimum Gasteiger partial charge on any atom is -0.480 e. The van der Waals surface area contributed by atoms with Crippen molar-refractivity contribution in [2.45, 2.75) is 31.8 Å². The van der Waals surface area contributed by atoms with Gasteiger partial charge in [0.15, 0.2) is 0 Å². The molecule has 92 valence electrons. The molecule has 4 heteroatoms. The lowest BCUT2D eigenvalue weighted by Gasteiger charge is -2.16. The van der Waals surface area contributed by atoms with Crippen LogP contribution in [0.5, 0.6) is 0 Å². The van der Waals surface area contributed by atoms with Crippen LogP contribution < -0.4 is 5.32 Å². The molecule has 0 aliphatic heterocycles. The van der Waals surface area contributed by atoms with Gasteiger partial charge in [0.25, 0.3) is 0 Å². The second-order valence-electron chi connectivity index (χ2n) is 4.01. The molecule has 17 heavy (non-hydrogen) atoms. The van der Waals surface area contributed by atoms with Gasteiger partial charge in [0.1, 0.15) is 12.3 Å². The maximum atomic E-state index is 11.0. The van der Waals surface area contributed by atoms with Crippen LogP contribution in [0.25, 0.3) is 0 Å². The number of carbonyl (C=O) groups is 2. The van der Waals surface area contributed by atoms with E-state index in [-0.39, 0.29) is 0 Å². The minimum atomic E-state index is -0.922. The molecule has 0 heterocycles. The van der Waals surface area contributed by atoms with Crippen molar-refractivity contribution in [1.82, 2.24) is 5.32 Å². The van der Waals surface area contributed by atoms with E-state index in [1.54, 1.807) is 6.92 Å². The molecule has 0 fully saturated rings. The highest BCUT2D eigenvalue weighted by Crippen LogP contribution is 2.05. The molecule has 0 aromatic heterocycles. The predicted octanol–water partition coefficient (Wildman–Crippen LogP) is 1.25. The maximum absolute atomic E-state index is 11.0. The number of rotatable bonds is 7. The normalized spacial score (nSPS) is 13.9. The lowest BCUT2D eigenvalue weighted by Crippen LogP contribution is -2.43. The molecule has 0 saturated heterocycles. The smallest absolute Gasteiger partial charge is 0.320 e. The van der Waals surface area contributed by atoms with Crippen molar-refractivity contribution in [2.24, 2.45) is 0 Å². The first-order chi connectivity index (χ1) is 8.13. The van der Waals surface area contributed by atoms with Crippen molar-refractivity contribution >= 4 is 12.3 Å². The summed E-state index contributed by atoms with van der Waals surface area (Å²) in [5.41, 5.74) is 1.10. The van der Waals surface area contributed by atoms with Gasteiger partial charge in [0.2, 0.25) is 0 Å². The number of aldehydes is 1. The topological polar surface area (TPSA) is 66.4 Å². The molecule has 0 saturated carbocycles. The van der Waals surface area contributed by atoms with Gasteiger partial charge in [-0.25, -0.2) is 0 Å². The number of hydrogen-bond acceptors (Lipinski definition) is 3. The van der Waals surface area contributed by atoms with Gasteiger partial charge < -0.3 is 9.90 Å². The summed E-state index contributed by atoms with van der Waals surface area (Å²) in [4.78, 5) is 21.5. The van der Waals surface area contributed by atoms with Gasteiger partial charge in [0, 0.05) is 0 Å². The third-order valence-corrected chi connectivity index (χ3v) is 2.53. The number of carboxylic acids is 1. The van der Waals surface area contributed by atoms with E-state index in [9.17, 15) is 9.59 Å². The highest BCUT2D eigenvalue weighted by atomic mass is 16.4. The summed E-state index contributed by atoms with van der Waals surface area (Å²) in [6.07, 6.45) is 1.85. The summed E-state index contributed by atoms with van der Waals surface area (Å²) in [6, 6.07) is 8.57. The molecule has 2 atom stereocenters. The van der Waals surface area contributed by atoms with Crippen LogP contribution in [0.3, 0.4) is 0 Å². The van der Waals surface area contributed by atoms with Crippen LogP contribution >= 0.6 is 0 Å². The van der Waals surface area contributed by atoms with E-state index in [0.717, 1.165) is 5.56 Å². The van der Waals surface area contributed by atoms with E-state index >= 15 is 0 Å². The summed E-state index contributed by atoms with van der Waals surface area (Å²) in [7, 11) is 0. The molecule has 2 unspecified atom stereocenters. The number of nitrogens with one attached hydrogen (secondary N) is 1. The highest BCUT2D eigenvalue weighted by Gasteiger charge is 2.18. The Kier molecular flexibility index (Phi) is 5.36. The number of carbonyl (C=O) groups excluding carboxylic acids is 1. The molecule has 0 aliphatic carbocycles. The summed E-state index contributed by atoms with van der Waals surface area (Å²) in [5.74, 6) is -0.922. The fraction of sp³-hybridized carbons (Fsp3) is 0.385. The maximum Gasteiger partial charge on any atom is 0.320 e. The van der Waals surface area contributed by atoms with Crippen LogP contribution in [-0.4, -0.2) is 29.4 Å². The Morgan fingerprint density at radius 1 is 1.41 bits per heavy atom. The van der Waals surface area contributed by atoms with Gasteiger partial charge in [-0.3, -0.25) is 10.1 Å². The average Bonchev–Trinajstić information content (AvgIpc) is 2.35. The van der Waals surface area contributed by atoms with Gasteiger partial charge in [-0.05, 0) is 25.3 Å². The summed E-state index contributed by atoms with van der Waals surface area (Å²) in [5, 5.41) is 11.8. The Morgan fingerprint density at radius 2 is 2.06 bits per heavy atom. The summed E-state index contributed by atoms with van der Waals surface area (Å²) >= 11 is 0. The van der Waals surface area contributed by atoms with E-state index in [1.165, 1.54) is 0 Å². The number of aliphatic carboxylic acids is 1. The van der Waals surface area contributed by atoms with Gasteiger partial charge in [0.05, 0.1) is 6.04 Å². The van der Waals surface area contributed by atoms with Crippen LogP contribution in [0.4, 0.5) is 0 Å². The number of aryl methyl sites for hydroxylation is 1. The van der Waals surface area contributed by atoms with Gasteiger partial charge in [-0.15, -0.1) is 0 Å². The predicted molar refractivity (Wildman–Crippen MR) is 64.8 cm³/mol. The van der Waals surface area contributed by atoms with E-state index in [2.05, 4.69) is 5.32 Å². The SMILES string of the molecule is CC(C=O)NC(CCc1ccccc1)C(=O)O. The fourth-order valence-corrected chi connectivity index (χ4v) is 1.59. The molecule has 2 N–H and O–H groups in total. The van der Waals surface area contributed by atoms with Gasteiger partial charge in [-0.2, -0.15) is 0 Å². The van der Waals surface area contributed by atoms with E-state index in [4.69, 9.17) is 5.11 Å². The van der Waals surface area contributed by atoms with Crippen molar-refractivity contribution in [2.75, 3.05) is 0 Å². The zero-order valence-corrected chi connectivity index (χ0v) is 9.80. The van der Waals surface area contributed by atoms with Crippen molar-refractivity contribution in [3.05, 3.63) is 35.9 Å². The molecule has 4 nitrogen and oxygen atoms in total. The third-order valence-electron chi connectivity index (χ3n) is 2.53. The average molecular weight is 235 g/mol. The Hall–Kier alpha value is -1.68. The van der Waals surface area contributed by atoms with Crippen LogP contribution in [-0.2, 0) is 16.0 Å². The Morgan fingerprint density at radius 3 is 2.59 bits per heavy atom. The lowest BCUT2D eigenvalue weighted by atomic mass is 10.0. The first-order valence-electron chi connectivity index (χ1n) is 5.61. The van der Waals surface area contributed by atoms with Crippen molar-refractivity contribution < 1.29 is 14.7 Å². The van der Waals surface area contributed by atoms with Crippen LogP contribution in [0.15, 0.2) is 30.3 Å². The van der Waals surface area contributed by atoms with Gasteiger partial charge in [-0.1, -0.05) is 30.3 Å². The van der Waals surface area contributed by atoms with Gasteiger partial charge >= 0.3 is 5.97 Å². The molecule has 0 aliphatic rings. The largest absolute Gasteiger partial charge is 0.480 e. The molecule has 0 bridgehead atoms.